The second-order valence-electron chi connectivity index (χ2n) is 4.81. The number of hydrogen-bond donors (Lipinski definition) is 1. The molecule has 4 nitrogen and oxygen atoms in total. The summed E-state index contributed by atoms with van der Waals surface area (Å²) in [7, 11) is 0. The molecule has 0 atom stereocenters. The minimum Gasteiger partial charge on any atom is -0.478 e. The van der Waals surface area contributed by atoms with E-state index in [9.17, 15) is 0 Å². The van der Waals surface area contributed by atoms with Gasteiger partial charge in [0.1, 0.15) is 11.6 Å². The smallest absolute Gasteiger partial charge is 0.218 e. The lowest BCUT2D eigenvalue weighted by molar-refractivity contribution is 0.324. The average Bonchev–Trinajstić information content (AvgIpc) is 2.26. The summed E-state index contributed by atoms with van der Waals surface area (Å²) in [4.78, 5) is 8.86. The van der Waals surface area contributed by atoms with Gasteiger partial charge in [0.15, 0.2) is 0 Å². The number of hydrogen-bond acceptors (Lipinski definition) is 4. The Morgan fingerprint density at radius 3 is 2.47 bits per heavy atom. The lowest BCUT2D eigenvalue weighted by atomic mass is 10.2. The van der Waals surface area contributed by atoms with Crippen LogP contribution in [0.5, 0.6) is 5.88 Å². The van der Waals surface area contributed by atoms with Crippen LogP contribution < -0.4 is 10.1 Å². The SMILES string of the molecule is CCOc1cc(NCC(C)C)nc(C(C)C)n1. The first kappa shape index (κ1) is 13.7. The summed E-state index contributed by atoms with van der Waals surface area (Å²) in [5, 5.41) is 3.31. The summed E-state index contributed by atoms with van der Waals surface area (Å²) >= 11 is 0. The standard InChI is InChI=1S/C13H23N3O/c1-6-17-12-7-11(14-8-9(2)3)15-13(16-12)10(4)5/h7,9-10H,6,8H2,1-5H3,(H,14,15,16). The molecule has 0 unspecified atom stereocenters. The lowest BCUT2D eigenvalue weighted by Gasteiger charge is -2.12. The first-order valence-electron chi connectivity index (χ1n) is 6.28. The van der Waals surface area contributed by atoms with Crippen molar-refractivity contribution in [2.75, 3.05) is 18.5 Å². The third-order valence-corrected chi connectivity index (χ3v) is 2.22. The van der Waals surface area contributed by atoms with Gasteiger partial charge in [0.05, 0.1) is 6.61 Å². The third kappa shape index (κ3) is 4.59. The molecule has 17 heavy (non-hydrogen) atoms. The minimum atomic E-state index is 0.301. The van der Waals surface area contributed by atoms with E-state index in [4.69, 9.17) is 4.74 Å². The van der Waals surface area contributed by atoms with Gasteiger partial charge in [-0.15, -0.1) is 0 Å². The van der Waals surface area contributed by atoms with Crippen molar-refractivity contribution in [1.82, 2.24) is 9.97 Å². The molecule has 0 saturated carbocycles. The van der Waals surface area contributed by atoms with Gasteiger partial charge in [-0.05, 0) is 12.8 Å². The maximum atomic E-state index is 5.45. The van der Waals surface area contributed by atoms with Crippen LogP contribution in [0.25, 0.3) is 0 Å². The second kappa shape index (κ2) is 6.42. The molecule has 0 aliphatic carbocycles. The van der Waals surface area contributed by atoms with Gasteiger partial charge in [0.25, 0.3) is 0 Å². The van der Waals surface area contributed by atoms with Crippen molar-refractivity contribution in [2.24, 2.45) is 5.92 Å². The van der Waals surface area contributed by atoms with Crippen molar-refractivity contribution < 1.29 is 4.74 Å². The molecule has 1 rings (SSSR count). The quantitative estimate of drug-likeness (QED) is 0.826. The van der Waals surface area contributed by atoms with Gasteiger partial charge in [-0.2, -0.15) is 4.98 Å². The zero-order chi connectivity index (χ0) is 12.8. The molecule has 1 aromatic heterocycles. The summed E-state index contributed by atoms with van der Waals surface area (Å²) < 4.78 is 5.45. The topological polar surface area (TPSA) is 47.0 Å². The molecule has 1 heterocycles. The van der Waals surface area contributed by atoms with Crippen molar-refractivity contribution in [3.05, 3.63) is 11.9 Å². The zero-order valence-corrected chi connectivity index (χ0v) is 11.4. The first-order valence-corrected chi connectivity index (χ1v) is 6.28. The van der Waals surface area contributed by atoms with E-state index in [1.165, 1.54) is 0 Å². The monoisotopic (exact) mass is 237 g/mol. The Morgan fingerprint density at radius 1 is 1.24 bits per heavy atom. The molecule has 0 aliphatic heterocycles. The van der Waals surface area contributed by atoms with E-state index < -0.39 is 0 Å². The van der Waals surface area contributed by atoms with E-state index in [0.29, 0.717) is 24.3 Å². The molecule has 0 saturated heterocycles. The number of aromatic nitrogens is 2. The van der Waals surface area contributed by atoms with E-state index in [2.05, 4.69) is 43.0 Å². The molecule has 0 radical (unpaired) electrons. The fourth-order valence-electron chi connectivity index (χ4n) is 1.32. The van der Waals surface area contributed by atoms with Crippen molar-refractivity contribution in [1.29, 1.82) is 0 Å². The summed E-state index contributed by atoms with van der Waals surface area (Å²) in [5.41, 5.74) is 0. The third-order valence-electron chi connectivity index (χ3n) is 2.22. The first-order chi connectivity index (χ1) is 8.02. The van der Waals surface area contributed by atoms with Crippen LogP contribution in [-0.2, 0) is 0 Å². The zero-order valence-electron chi connectivity index (χ0n) is 11.4. The van der Waals surface area contributed by atoms with Gasteiger partial charge >= 0.3 is 0 Å². The van der Waals surface area contributed by atoms with Crippen molar-refractivity contribution in [2.45, 2.75) is 40.5 Å². The van der Waals surface area contributed by atoms with Crippen molar-refractivity contribution in [3.63, 3.8) is 0 Å². The van der Waals surface area contributed by atoms with Gasteiger partial charge < -0.3 is 10.1 Å². The highest BCUT2D eigenvalue weighted by atomic mass is 16.5. The Hall–Kier alpha value is -1.32. The molecule has 0 amide bonds. The molecule has 0 spiro atoms. The maximum absolute atomic E-state index is 5.45. The number of rotatable bonds is 6. The molecule has 0 fully saturated rings. The molecule has 1 aromatic rings. The van der Waals surface area contributed by atoms with E-state index >= 15 is 0 Å². The highest BCUT2D eigenvalue weighted by molar-refractivity contribution is 5.38. The van der Waals surface area contributed by atoms with Crippen LogP contribution in [0.4, 0.5) is 5.82 Å². The summed E-state index contributed by atoms with van der Waals surface area (Å²) in [6.07, 6.45) is 0. The predicted octanol–water partition coefficient (Wildman–Crippen LogP) is 3.07. The fourth-order valence-corrected chi connectivity index (χ4v) is 1.32. The number of nitrogens with one attached hydrogen (secondary N) is 1. The summed E-state index contributed by atoms with van der Waals surface area (Å²) in [5.74, 6) is 3.21. The Balaban J connectivity index is 2.87. The minimum absolute atomic E-state index is 0.301. The maximum Gasteiger partial charge on any atom is 0.218 e. The molecule has 4 heteroatoms. The van der Waals surface area contributed by atoms with Gasteiger partial charge in [0, 0.05) is 18.5 Å². The Kier molecular flexibility index (Phi) is 5.19. The largest absolute Gasteiger partial charge is 0.478 e. The van der Waals surface area contributed by atoms with Crippen LogP contribution in [0.3, 0.4) is 0 Å². The summed E-state index contributed by atoms with van der Waals surface area (Å²) in [6.45, 7) is 12.0. The van der Waals surface area contributed by atoms with Gasteiger partial charge in [0.2, 0.25) is 5.88 Å². The van der Waals surface area contributed by atoms with Crippen molar-refractivity contribution >= 4 is 5.82 Å². The van der Waals surface area contributed by atoms with Crippen LogP contribution in [0.1, 0.15) is 46.4 Å². The molecule has 96 valence electrons. The molecule has 0 bridgehead atoms. The van der Waals surface area contributed by atoms with E-state index in [0.717, 1.165) is 18.2 Å². The fraction of sp³-hybridized carbons (Fsp3) is 0.692. The number of nitrogens with zero attached hydrogens (tertiary/aromatic N) is 2. The molecule has 0 aliphatic rings. The molecular formula is C13H23N3O. The molecular weight excluding hydrogens is 214 g/mol. The van der Waals surface area contributed by atoms with Crippen LogP contribution in [0.15, 0.2) is 6.07 Å². The second-order valence-corrected chi connectivity index (χ2v) is 4.81. The Labute approximate surface area is 104 Å². The van der Waals surface area contributed by atoms with Crippen molar-refractivity contribution in [3.8, 4) is 5.88 Å². The molecule has 1 N–H and O–H groups in total. The normalized spacial score (nSPS) is 11.0. The van der Waals surface area contributed by atoms with E-state index in [1.54, 1.807) is 0 Å². The Bertz CT molecular complexity index is 351. The average molecular weight is 237 g/mol. The molecule has 0 aromatic carbocycles. The lowest BCUT2D eigenvalue weighted by Crippen LogP contribution is -2.11. The van der Waals surface area contributed by atoms with E-state index in [1.807, 2.05) is 13.0 Å². The number of ether oxygens (including phenoxy) is 1. The van der Waals surface area contributed by atoms with Gasteiger partial charge in [-0.3, -0.25) is 0 Å². The predicted molar refractivity (Wildman–Crippen MR) is 70.6 cm³/mol. The highest BCUT2D eigenvalue weighted by Gasteiger charge is 2.08. The van der Waals surface area contributed by atoms with Gasteiger partial charge in [-0.1, -0.05) is 27.7 Å². The highest BCUT2D eigenvalue weighted by Crippen LogP contribution is 2.18. The van der Waals surface area contributed by atoms with Gasteiger partial charge in [-0.25, -0.2) is 4.98 Å². The van der Waals surface area contributed by atoms with Crippen LogP contribution in [0, 0.1) is 5.92 Å². The Morgan fingerprint density at radius 2 is 1.94 bits per heavy atom. The van der Waals surface area contributed by atoms with Crippen LogP contribution in [-0.4, -0.2) is 23.1 Å². The summed E-state index contributed by atoms with van der Waals surface area (Å²) in [6, 6.07) is 1.86. The van der Waals surface area contributed by atoms with Crippen LogP contribution in [0.2, 0.25) is 0 Å². The van der Waals surface area contributed by atoms with E-state index in [-0.39, 0.29) is 0 Å². The van der Waals surface area contributed by atoms with Crippen LogP contribution >= 0.6 is 0 Å². The number of anilines is 1.